The summed E-state index contributed by atoms with van der Waals surface area (Å²) < 4.78 is 35.8. The Morgan fingerprint density at radius 3 is 2.38 bits per heavy atom. The number of ether oxygens (including phenoxy) is 1. The topological polar surface area (TPSA) is 38.3 Å². The molecule has 29 heavy (non-hydrogen) atoms. The number of hydrogen-bond donors (Lipinski definition) is 1. The number of hydrogen-bond acceptors (Lipinski definition) is 2. The van der Waals surface area contributed by atoms with Gasteiger partial charge in [-0.1, -0.05) is 42.5 Å². The molecule has 0 saturated heterocycles. The Bertz CT molecular complexity index is 1240. The molecule has 0 radical (unpaired) electrons. The van der Waals surface area contributed by atoms with E-state index in [9.17, 15) is 8.60 Å². The number of rotatable bonds is 5. The normalized spacial score (nSPS) is 12.6. The minimum atomic E-state index is -1.42. The largest absolute Gasteiger partial charge is 0.496 e. The van der Waals surface area contributed by atoms with Crippen LogP contribution < -0.4 is 9.46 Å². The second-order valence-electron chi connectivity index (χ2n) is 7.21. The Hall–Kier alpha value is -2.76. The van der Waals surface area contributed by atoms with Crippen molar-refractivity contribution in [1.29, 1.82) is 0 Å². The van der Waals surface area contributed by atoms with E-state index in [-0.39, 0.29) is 11.9 Å². The monoisotopic (exact) mass is 407 g/mol. The lowest BCUT2D eigenvalue weighted by atomic mass is 9.93. The first-order valence-electron chi connectivity index (χ1n) is 9.46. The maximum Gasteiger partial charge on any atom is 0.127 e. The molecule has 0 heterocycles. The lowest BCUT2D eigenvalue weighted by Crippen LogP contribution is -2.25. The summed E-state index contributed by atoms with van der Waals surface area (Å²) in [6.45, 7) is 3.92. The molecule has 5 heteroatoms. The van der Waals surface area contributed by atoms with Crippen molar-refractivity contribution in [3.63, 3.8) is 0 Å². The summed E-state index contributed by atoms with van der Waals surface area (Å²) >= 11 is 0. The minimum Gasteiger partial charge on any atom is -0.496 e. The van der Waals surface area contributed by atoms with Gasteiger partial charge < -0.3 is 4.74 Å². The molecule has 0 aliphatic rings. The summed E-state index contributed by atoms with van der Waals surface area (Å²) in [6, 6.07) is 20.3. The summed E-state index contributed by atoms with van der Waals surface area (Å²) in [5.41, 5.74) is 1.65. The number of benzene rings is 4. The lowest BCUT2D eigenvalue weighted by Gasteiger charge is -2.19. The van der Waals surface area contributed by atoms with E-state index in [4.69, 9.17) is 4.74 Å². The molecular formula is C24H22FNO2S. The first-order chi connectivity index (χ1) is 14.0. The van der Waals surface area contributed by atoms with E-state index in [2.05, 4.69) is 4.72 Å². The Balaban J connectivity index is 2.14. The summed E-state index contributed by atoms with van der Waals surface area (Å²) in [7, 11) is 0.195. The van der Waals surface area contributed by atoms with Crippen molar-refractivity contribution in [2.75, 3.05) is 7.11 Å². The van der Waals surface area contributed by atoms with Gasteiger partial charge in [0.25, 0.3) is 0 Å². The number of fused-ring (bicyclic) bond motifs is 2. The van der Waals surface area contributed by atoms with Crippen molar-refractivity contribution in [3.05, 3.63) is 72.5 Å². The average molecular weight is 408 g/mol. The predicted molar refractivity (Wildman–Crippen MR) is 118 cm³/mol. The van der Waals surface area contributed by atoms with E-state index < -0.39 is 11.0 Å². The summed E-state index contributed by atoms with van der Waals surface area (Å²) in [5.74, 6) is 0.361. The van der Waals surface area contributed by atoms with Gasteiger partial charge in [0.2, 0.25) is 0 Å². The molecule has 0 fully saturated rings. The third-order valence-electron chi connectivity index (χ3n) is 4.85. The van der Waals surface area contributed by atoms with Crippen LogP contribution >= 0.6 is 0 Å². The van der Waals surface area contributed by atoms with Crippen molar-refractivity contribution in [3.8, 4) is 16.9 Å². The van der Waals surface area contributed by atoms with Crippen LogP contribution in [0.2, 0.25) is 0 Å². The zero-order valence-electron chi connectivity index (χ0n) is 16.5. The zero-order chi connectivity index (χ0) is 20.5. The standard InChI is InChI=1S/C24H22FNO2S/c1-15(2)26-29(27)22-13-9-16-6-4-5-7-19(16)24(22)23-20-11-10-18(25)14-17(20)8-12-21(23)28-3/h4-15,26H,1-3H3. The molecule has 4 aromatic carbocycles. The Morgan fingerprint density at radius 1 is 0.897 bits per heavy atom. The van der Waals surface area contributed by atoms with E-state index >= 15 is 0 Å². The van der Waals surface area contributed by atoms with Gasteiger partial charge in [0.15, 0.2) is 0 Å². The quantitative estimate of drug-likeness (QED) is 0.452. The van der Waals surface area contributed by atoms with Crippen LogP contribution in [0.15, 0.2) is 71.6 Å². The SMILES string of the molecule is COc1ccc2cc(F)ccc2c1-c1c(S(=O)NC(C)C)ccc2ccccc12. The highest BCUT2D eigenvalue weighted by molar-refractivity contribution is 7.83. The Labute approximate surface area is 172 Å². The molecule has 0 aliphatic heterocycles. The van der Waals surface area contributed by atoms with Crippen LogP contribution in [0.4, 0.5) is 4.39 Å². The molecule has 1 atom stereocenters. The molecule has 1 unspecified atom stereocenters. The zero-order valence-corrected chi connectivity index (χ0v) is 17.3. The molecule has 0 aromatic heterocycles. The summed E-state index contributed by atoms with van der Waals surface area (Å²) in [4.78, 5) is 0.674. The molecule has 4 rings (SSSR count). The number of nitrogens with one attached hydrogen (secondary N) is 1. The second kappa shape index (κ2) is 7.93. The summed E-state index contributed by atoms with van der Waals surface area (Å²) in [5, 5.41) is 3.63. The molecule has 0 spiro atoms. The highest BCUT2D eigenvalue weighted by Crippen LogP contribution is 2.43. The smallest absolute Gasteiger partial charge is 0.127 e. The van der Waals surface area contributed by atoms with Crippen LogP contribution in [0.3, 0.4) is 0 Å². The molecule has 3 nitrogen and oxygen atoms in total. The van der Waals surface area contributed by atoms with E-state index in [1.165, 1.54) is 12.1 Å². The maximum atomic E-state index is 13.9. The Morgan fingerprint density at radius 2 is 1.62 bits per heavy atom. The molecule has 0 bridgehead atoms. The van der Waals surface area contributed by atoms with Gasteiger partial charge in [0, 0.05) is 17.2 Å². The van der Waals surface area contributed by atoms with Crippen LogP contribution in [-0.4, -0.2) is 17.4 Å². The molecular weight excluding hydrogens is 385 g/mol. The van der Waals surface area contributed by atoms with Gasteiger partial charge in [-0.3, -0.25) is 0 Å². The van der Waals surface area contributed by atoms with E-state index in [0.717, 1.165) is 32.7 Å². The van der Waals surface area contributed by atoms with E-state index in [1.807, 2.05) is 62.4 Å². The van der Waals surface area contributed by atoms with Gasteiger partial charge >= 0.3 is 0 Å². The number of methoxy groups -OCH3 is 1. The van der Waals surface area contributed by atoms with Gasteiger partial charge in [-0.15, -0.1) is 0 Å². The fourth-order valence-corrected chi connectivity index (χ4v) is 4.79. The van der Waals surface area contributed by atoms with Gasteiger partial charge in [-0.25, -0.2) is 13.3 Å². The van der Waals surface area contributed by atoms with Gasteiger partial charge in [-0.05, 0) is 59.7 Å². The van der Waals surface area contributed by atoms with Crippen LogP contribution in [-0.2, 0) is 11.0 Å². The summed E-state index contributed by atoms with van der Waals surface area (Å²) in [6.07, 6.45) is 0. The van der Waals surface area contributed by atoms with Crippen LogP contribution in [0, 0.1) is 5.82 Å². The molecule has 1 N–H and O–H groups in total. The molecule has 0 saturated carbocycles. The molecule has 4 aromatic rings. The fourth-order valence-electron chi connectivity index (χ4n) is 3.65. The van der Waals surface area contributed by atoms with Crippen molar-refractivity contribution in [2.24, 2.45) is 0 Å². The maximum absolute atomic E-state index is 13.9. The first-order valence-corrected chi connectivity index (χ1v) is 10.6. The van der Waals surface area contributed by atoms with Crippen molar-refractivity contribution >= 4 is 32.5 Å². The predicted octanol–water partition coefficient (Wildman–Crippen LogP) is 5.83. The van der Waals surface area contributed by atoms with E-state index in [1.54, 1.807) is 13.2 Å². The average Bonchev–Trinajstić information content (AvgIpc) is 2.71. The highest BCUT2D eigenvalue weighted by Gasteiger charge is 2.21. The Kier molecular flexibility index (Phi) is 5.35. The van der Waals surface area contributed by atoms with E-state index in [0.29, 0.717) is 10.6 Å². The second-order valence-corrected chi connectivity index (χ2v) is 8.42. The molecule has 148 valence electrons. The third-order valence-corrected chi connectivity index (χ3v) is 6.27. The highest BCUT2D eigenvalue weighted by atomic mass is 32.2. The van der Waals surface area contributed by atoms with Gasteiger partial charge in [-0.2, -0.15) is 0 Å². The van der Waals surface area contributed by atoms with Crippen molar-refractivity contribution in [2.45, 2.75) is 24.8 Å². The van der Waals surface area contributed by atoms with Gasteiger partial charge in [0.1, 0.15) is 22.6 Å². The van der Waals surface area contributed by atoms with Gasteiger partial charge in [0.05, 0.1) is 12.0 Å². The van der Waals surface area contributed by atoms with Crippen molar-refractivity contribution in [1.82, 2.24) is 4.72 Å². The molecule has 0 amide bonds. The van der Waals surface area contributed by atoms with Crippen LogP contribution in [0.5, 0.6) is 5.75 Å². The fraction of sp³-hybridized carbons (Fsp3) is 0.167. The van der Waals surface area contributed by atoms with Crippen molar-refractivity contribution < 1.29 is 13.3 Å². The van der Waals surface area contributed by atoms with Crippen LogP contribution in [0.1, 0.15) is 13.8 Å². The first kappa shape index (κ1) is 19.6. The minimum absolute atomic E-state index is 0.0543. The van der Waals surface area contributed by atoms with Crippen LogP contribution in [0.25, 0.3) is 32.7 Å². The third kappa shape index (κ3) is 3.63. The lowest BCUT2D eigenvalue weighted by molar-refractivity contribution is 0.417. The molecule has 0 aliphatic carbocycles. The number of halogens is 1.